The first-order chi connectivity index (χ1) is 9.31. The van der Waals surface area contributed by atoms with E-state index in [2.05, 4.69) is 21.8 Å². The lowest BCUT2D eigenvalue weighted by Crippen LogP contribution is -2.29. The number of hydrogen-bond acceptors (Lipinski definition) is 2. The third-order valence-corrected chi connectivity index (χ3v) is 3.83. The van der Waals surface area contributed by atoms with Crippen molar-refractivity contribution in [2.24, 2.45) is 0 Å². The highest BCUT2D eigenvalue weighted by molar-refractivity contribution is 5.76. The molecule has 2 aromatic rings. The van der Waals surface area contributed by atoms with Crippen LogP contribution in [0.25, 0.3) is 11.0 Å². The largest absolute Gasteiger partial charge is 0.327 e. The number of imidazole rings is 1. The van der Waals surface area contributed by atoms with E-state index >= 15 is 0 Å². The minimum Gasteiger partial charge on any atom is -0.327 e. The standard InChI is InChI=1S/C15H20FN3/c1-2-10-19-13-8-5-6-11(16)14(13)18-15(19)12-7-3-4-9-17-12/h5-6,8,12,17H,2-4,7,9-10H2,1H3. The maximum atomic E-state index is 13.9. The number of hydrogen-bond donors (Lipinski definition) is 1. The fourth-order valence-electron chi connectivity index (χ4n) is 2.93. The molecule has 1 aliphatic heterocycles. The molecule has 19 heavy (non-hydrogen) atoms. The van der Waals surface area contributed by atoms with Gasteiger partial charge in [0.2, 0.25) is 0 Å². The highest BCUT2D eigenvalue weighted by Gasteiger charge is 2.22. The van der Waals surface area contributed by atoms with Gasteiger partial charge in [-0.05, 0) is 37.9 Å². The van der Waals surface area contributed by atoms with Crippen molar-refractivity contribution in [2.45, 2.75) is 45.2 Å². The second kappa shape index (κ2) is 5.29. The average Bonchev–Trinajstić information content (AvgIpc) is 2.81. The van der Waals surface area contributed by atoms with Crippen LogP contribution >= 0.6 is 0 Å². The summed E-state index contributed by atoms with van der Waals surface area (Å²) in [4.78, 5) is 4.58. The first-order valence-electron chi connectivity index (χ1n) is 7.19. The van der Waals surface area contributed by atoms with Gasteiger partial charge in [-0.1, -0.05) is 19.4 Å². The van der Waals surface area contributed by atoms with Crippen LogP contribution in [0.3, 0.4) is 0 Å². The molecule has 2 heterocycles. The van der Waals surface area contributed by atoms with Crippen LogP contribution < -0.4 is 5.32 Å². The lowest BCUT2D eigenvalue weighted by molar-refractivity contribution is 0.386. The molecular formula is C15H20FN3. The van der Waals surface area contributed by atoms with Crippen LogP contribution in [-0.4, -0.2) is 16.1 Å². The van der Waals surface area contributed by atoms with Gasteiger partial charge in [0.25, 0.3) is 0 Å². The topological polar surface area (TPSA) is 29.9 Å². The van der Waals surface area contributed by atoms with Crippen molar-refractivity contribution in [3.63, 3.8) is 0 Å². The molecule has 1 aliphatic rings. The van der Waals surface area contributed by atoms with Gasteiger partial charge in [-0.2, -0.15) is 0 Å². The molecule has 0 amide bonds. The number of benzene rings is 1. The van der Waals surface area contributed by atoms with Crippen molar-refractivity contribution >= 4 is 11.0 Å². The lowest BCUT2D eigenvalue weighted by atomic mass is 10.0. The summed E-state index contributed by atoms with van der Waals surface area (Å²) < 4.78 is 16.1. The summed E-state index contributed by atoms with van der Waals surface area (Å²) in [6.07, 6.45) is 4.56. The minimum atomic E-state index is -0.218. The van der Waals surface area contributed by atoms with Crippen LogP contribution in [-0.2, 0) is 6.54 Å². The van der Waals surface area contributed by atoms with Crippen LogP contribution in [0.15, 0.2) is 18.2 Å². The lowest BCUT2D eigenvalue weighted by Gasteiger charge is -2.23. The van der Waals surface area contributed by atoms with Gasteiger partial charge in [-0.25, -0.2) is 9.37 Å². The van der Waals surface area contributed by atoms with Crippen LogP contribution in [0, 0.1) is 5.82 Å². The van der Waals surface area contributed by atoms with E-state index in [9.17, 15) is 4.39 Å². The molecule has 1 unspecified atom stereocenters. The summed E-state index contributed by atoms with van der Waals surface area (Å²) in [6, 6.07) is 5.49. The number of aromatic nitrogens is 2. The predicted molar refractivity (Wildman–Crippen MR) is 74.6 cm³/mol. The molecule has 0 saturated carbocycles. The second-order valence-electron chi connectivity index (χ2n) is 5.23. The number of aryl methyl sites for hydroxylation is 1. The van der Waals surface area contributed by atoms with Gasteiger partial charge in [-0.15, -0.1) is 0 Å². The summed E-state index contributed by atoms with van der Waals surface area (Å²) in [5.41, 5.74) is 1.43. The quantitative estimate of drug-likeness (QED) is 0.917. The summed E-state index contributed by atoms with van der Waals surface area (Å²) in [6.45, 7) is 4.07. The molecule has 1 fully saturated rings. The Bertz CT molecular complexity index is 570. The van der Waals surface area contributed by atoms with E-state index in [1.165, 1.54) is 18.9 Å². The van der Waals surface area contributed by atoms with Gasteiger partial charge >= 0.3 is 0 Å². The molecule has 1 saturated heterocycles. The van der Waals surface area contributed by atoms with Crippen LogP contribution in [0.4, 0.5) is 4.39 Å². The third kappa shape index (κ3) is 2.25. The van der Waals surface area contributed by atoms with E-state index in [1.807, 2.05) is 6.07 Å². The molecule has 0 spiro atoms. The van der Waals surface area contributed by atoms with Crippen LogP contribution in [0.2, 0.25) is 0 Å². The summed E-state index contributed by atoms with van der Waals surface area (Å²) >= 11 is 0. The molecule has 0 radical (unpaired) electrons. The van der Waals surface area contributed by atoms with E-state index in [0.29, 0.717) is 5.52 Å². The van der Waals surface area contributed by atoms with Crippen molar-refractivity contribution in [3.8, 4) is 0 Å². The normalized spacial score (nSPS) is 20.0. The number of piperidine rings is 1. The molecule has 3 rings (SSSR count). The van der Waals surface area contributed by atoms with E-state index in [-0.39, 0.29) is 11.9 Å². The van der Waals surface area contributed by atoms with Crippen LogP contribution in [0.5, 0.6) is 0 Å². The number of fused-ring (bicyclic) bond motifs is 1. The Kier molecular flexibility index (Phi) is 3.51. The zero-order chi connectivity index (χ0) is 13.2. The number of nitrogens with zero attached hydrogens (tertiary/aromatic N) is 2. The maximum Gasteiger partial charge on any atom is 0.151 e. The van der Waals surface area contributed by atoms with Crippen LogP contribution in [0.1, 0.15) is 44.5 Å². The molecule has 0 bridgehead atoms. The van der Waals surface area contributed by atoms with Gasteiger partial charge in [0.05, 0.1) is 11.6 Å². The third-order valence-electron chi connectivity index (χ3n) is 3.83. The fourth-order valence-corrected chi connectivity index (χ4v) is 2.93. The number of halogens is 1. The number of nitrogens with one attached hydrogen (secondary N) is 1. The Morgan fingerprint density at radius 1 is 1.42 bits per heavy atom. The highest BCUT2D eigenvalue weighted by Crippen LogP contribution is 2.27. The highest BCUT2D eigenvalue weighted by atomic mass is 19.1. The summed E-state index contributed by atoms with van der Waals surface area (Å²) in [5.74, 6) is 0.783. The molecule has 102 valence electrons. The first kappa shape index (κ1) is 12.6. The zero-order valence-electron chi connectivity index (χ0n) is 11.3. The fraction of sp³-hybridized carbons (Fsp3) is 0.533. The Balaban J connectivity index is 2.11. The molecule has 4 heteroatoms. The summed E-state index contributed by atoms with van der Waals surface area (Å²) in [5, 5.41) is 3.51. The van der Waals surface area contributed by atoms with Gasteiger partial charge in [0, 0.05) is 6.54 Å². The SMILES string of the molecule is CCCn1c(C2CCCCN2)nc2c(F)cccc21. The monoisotopic (exact) mass is 261 g/mol. The Morgan fingerprint density at radius 2 is 2.32 bits per heavy atom. The Morgan fingerprint density at radius 3 is 3.05 bits per heavy atom. The number of rotatable bonds is 3. The minimum absolute atomic E-state index is 0.218. The van der Waals surface area contributed by atoms with E-state index in [1.54, 1.807) is 6.07 Å². The van der Waals surface area contributed by atoms with Crippen molar-refractivity contribution in [2.75, 3.05) is 6.54 Å². The molecule has 1 atom stereocenters. The van der Waals surface area contributed by atoms with Crippen molar-refractivity contribution in [1.29, 1.82) is 0 Å². The maximum absolute atomic E-state index is 13.9. The zero-order valence-corrected chi connectivity index (χ0v) is 11.3. The van der Waals surface area contributed by atoms with Gasteiger partial charge in [0.15, 0.2) is 5.82 Å². The second-order valence-corrected chi connectivity index (χ2v) is 5.23. The molecule has 3 nitrogen and oxygen atoms in total. The van der Waals surface area contributed by atoms with Gasteiger partial charge < -0.3 is 9.88 Å². The van der Waals surface area contributed by atoms with Crippen molar-refractivity contribution in [1.82, 2.24) is 14.9 Å². The average molecular weight is 261 g/mol. The molecule has 1 aromatic heterocycles. The van der Waals surface area contributed by atoms with Gasteiger partial charge in [-0.3, -0.25) is 0 Å². The Hall–Kier alpha value is -1.42. The van der Waals surface area contributed by atoms with Crippen molar-refractivity contribution < 1.29 is 4.39 Å². The van der Waals surface area contributed by atoms with E-state index < -0.39 is 0 Å². The van der Waals surface area contributed by atoms with Gasteiger partial charge in [0.1, 0.15) is 11.3 Å². The molecule has 0 aliphatic carbocycles. The molecule has 1 N–H and O–H groups in total. The first-order valence-corrected chi connectivity index (χ1v) is 7.19. The van der Waals surface area contributed by atoms with E-state index in [0.717, 1.165) is 37.3 Å². The Labute approximate surface area is 112 Å². The van der Waals surface area contributed by atoms with E-state index in [4.69, 9.17) is 0 Å². The predicted octanol–water partition coefficient (Wildman–Crippen LogP) is 3.40. The summed E-state index contributed by atoms with van der Waals surface area (Å²) in [7, 11) is 0. The number of para-hydroxylation sites is 1. The molecular weight excluding hydrogens is 241 g/mol. The smallest absolute Gasteiger partial charge is 0.151 e. The molecule has 1 aromatic carbocycles. The van der Waals surface area contributed by atoms with Crippen molar-refractivity contribution in [3.05, 3.63) is 29.8 Å².